The third-order valence-corrected chi connectivity index (χ3v) is 1.95. The van der Waals surface area contributed by atoms with Crippen molar-refractivity contribution in [2.24, 2.45) is 5.92 Å². The minimum Gasteiger partial charge on any atom is -0.103 e. The Labute approximate surface area is 76.7 Å². The molecule has 0 heterocycles. The quantitative estimate of drug-likeness (QED) is 0.499. The van der Waals surface area contributed by atoms with Crippen LogP contribution in [0.3, 0.4) is 0 Å². The first-order chi connectivity index (χ1) is 5.85. The van der Waals surface area contributed by atoms with Crippen LogP contribution in [0.25, 0.3) is 0 Å². The molecule has 0 saturated carbocycles. The van der Waals surface area contributed by atoms with E-state index in [-0.39, 0.29) is 0 Å². The van der Waals surface area contributed by atoms with E-state index in [0.29, 0.717) is 0 Å². The Bertz CT molecular complexity index is 142. The fourth-order valence-corrected chi connectivity index (χ4v) is 1.23. The Morgan fingerprint density at radius 1 is 1.42 bits per heavy atom. The molecule has 12 heavy (non-hydrogen) atoms. The second-order valence-corrected chi connectivity index (χ2v) is 3.01. The van der Waals surface area contributed by atoms with Crippen molar-refractivity contribution in [3.8, 4) is 0 Å². The van der Waals surface area contributed by atoms with Crippen molar-refractivity contribution >= 4 is 0 Å². The van der Waals surface area contributed by atoms with Crippen LogP contribution < -0.4 is 0 Å². The summed E-state index contributed by atoms with van der Waals surface area (Å²) in [6.07, 6.45) is 12.5. The molecule has 0 saturated heterocycles. The van der Waals surface area contributed by atoms with E-state index in [1.54, 1.807) is 6.08 Å². The van der Waals surface area contributed by atoms with E-state index in [0.717, 1.165) is 25.2 Å². The highest BCUT2D eigenvalue weighted by molar-refractivity contribution is 4.84. The van der Waals surface area contributed by atoms with Gasteiger partial charge in [0.1, 0.15) is 0 Å². The van der Waals surface area contributed by atoms with Crippen molar-refractivity contribution in [2.45, 2.75) is 32.6 Å². The zero-order valence-electron chi connectivity index (χ0n) is 8.00. The second-order valence-electron chi connectivity index (χ2n) is 3.01. The van der Waals surface area contributed by atoms with Gasteiger partial charge in [0.25, 0.3) is 0 Å². The molecule has 0 aliphatic rings. The molecule has 0 aliphatic heterocycles. The van der Waals surface area contributed by atoms with Gasteiger partial charge >= 0.3 is 0 Å². The summed E-state index contributed by atoms with van der Waals surface area (Å²) in [7, 11) is 0. The van der Waals surface area contributed by atoms with Crippen LogP contribution in [0.5, 0.6) is 0 Å². The van der Waals surface area contributed by atoms with Crippen LogP contribution in [0.4, 0.5) is 0 Å². The van der Waals surface area contributed by atoms with Gasteiger partial charge in [-0.25, -0.2) is 0 Å². The molecule has 0 bridgehead atoms. The molecule has 0 nitrogen and oxygen atoms in total. The van der Waals surface area contributed by atoms with Gasteiger partial charge in [-0.2, -0.15) is 0 Å². The molecule has 67 valence electrons. The normalized spacial score (nSPS) is 13.1. The van der Waals surface area contributed by atoms with E-state index in [1.807, 2.05) is 6.08 Å². The Balaban J connectivity index is 3.67. The third kappa shape index (κ3) is 5.96. The summed E-state index contributed by atoms with van der Waals surface area (Å²) in [6, 6.07) is 0. The first-order valence-electron chi connectivity index (χ1n) is 4.60. The number of allylic oxidation sites excluding steroid dienone is 4. The van der Waals surface area contributed by atoms with Crippen LogP contribution in [0.1, 0.15) is 32.6 Å². The first-order valence-corrected chi connectivity index (χ1v) is 4.60. The van der Waals surface area contributed by atoms with Gasteiger partial charge in [0, 0.05) is 0 Å². The topological polar surface area (TPSA) is 0 Å². The van der Waals surface area contributed by atoms with Crippen molar-refractivity contribution in [2.75, 3.05) is 0 Å². The molecule has 1 radical (unpaired) electrons. The highest BCUT2D eigenvalue weighted by Crippen LogP contribution is 2.16. The molecule has 0 amide bonds. The van der Waals surface area contributed by atoms with E-state index in [4.69, 9.17) is 6.58 Å². The second kappa shape index (κ2) is 8.32. The van der Waals surface area contributed by atoms with Crippen LogP contribution in [0.15, 0.2) is 30.9 Å². The summed E-state index contributed by atoms with van der Waals surface area (Å²) in [6.45, 7) is 11.1. The molecule has 0 fully saturated rings. The maximum Gasteiger partial charge on any atom is -0.0319 e. The lowest BCUT2D eigenvalue weighted by atomic mass is 9.96. The van der Waals surface area contributed by atoms with Crippen molar-refractivity contribution < 1.29 is 0 Å². The van der Waals surface area contributed by atoms with Crippen LogP contribution in [0, 0.1) is 12.5 Å². The predicted molar refractivity (Wildman–Crippen MR) is 55.8 cm³/mol. The molecular formula is C12H19. The van der Waals surface area contributed by atoms with Crippen molar-refractivity contribution in [3.63, 3.8) is 0 Å². The minimum atomic E-state index is 0.721. The summed E-state index contributed by atoms with van der Waals surface area (Å²) in [4.78, 5) is 0. The van der Waals surface area contributed by atoms with Gasteiger partial charge in [0.15, 0.2) is 0 Å². The summed E-state index contributed by atoms with van der Waals surface area (Å²) < 4.78 is 0. The first kappa shape index (κ1) is 11.2. The maximum absolute atomic E-state index is 5.33. The smallest absolute Gasteiger partial charge is 0.0319 e. The van der Waals surface area contributed by atoms with E-state index in [2.05, 4.69) is 25.7 Å². The predicted octanol–water partition coefficient (Wildman–Crippen LogP) is 3.91. The molecule has 0 heteroatoms. The van der Waals surface area contributed by atoms with Crippen molar-refractivity contribution in [1.82, 2.24) is 0 Å². The van der Waals surface area contributed by atoms with Gasteiger partial charge in [-0.15, -0.1) is 6.58 Å². The highest BCUT2D eigenvalue weighted by Gasteiger charge is 2.02. The summed E-state index contributed by atoms with van der Waals surface area (Å²) >= 11 is 0. The van der Waals surface area contributed by atoms with Gasteiger partial charge in [0.05, 0.1) is 0 Å². The van der Waals surface area contributed by atoms with Gasteiger partial charge in [-0.05, 0) is 38.5 Å². The van der Waals surface area contributed by atoms with Crippen LogP contribution >= 0.6 is 0 Å². The summed E-state index contributed by atoms with van der Waals surface area (Å²) in [5.74, 6) is 0.721. The Morgan fingerprint density at radius 2 is 2.17 bits per heavy atom. The fourth-order valence-electron chi connectivity index (χ4n) is 1.23. The monoisotopic (exact) mass is 163 g/mol. The molecule has 0 aromatic heterocycles. The van der Waals surface area contributed by atoms with Crippen molar-refractivity contribution in [1.29, 1.82) is 0 Å². The Kier molecular flexibility index (Phi) is 7.78. The average molecular weight is 163 g/mol. The molecule has 0 aliphatic carbocycles. The molecule has 1 atom stereocenters. The maximum atomic E-state index is 5.33. The van der Waals surface area contributed by atoms with Gasteiger partial charge in [0.2, 0.25) is 0 Å². The molecular weight excluding hydrogens is 144 g/mol. The molecule has 0 aromatic carbocycles. The van der Waals surface area contributed by atoms with Gasteiger partial charge < -0.3 is 0 Å². The Hall–Kier alpha value is -0.780. The van der Waals surface area contributed by atoms with Crippen LogP contribution in [-0.2, 0) is 0 Å². The standard InChI is InChI=1S/C12H19/c1-4-7-10-12(9-6-3)11-8-5-2/h1,4-6,8,12H,3,7,9-11H2,2H3. The largest absolute Gasteiger partial charge is 0.103 e. The lowest BCUT2D eigenvalue weighted by molar-refractivity contribution is 0.503. The molecule has 0 spiro atoms. The zero-order chi connectivity index (χ0) is 9.23. The molecule has 1 unspecified atom stereocenters. The van der Waals surface area contributed by atoms with Gasteiger partial charge in [-0.1, -0.05) is 30.9 Å². The van der Waals surface area contributed by atoms with Crippen LogP contribution in [0.2, 0.25) is 0 Å². The average Bonchev–Trinajstić information content (AvgIpc) is 2.10. The van der Waals surface area contributed by atoms with E-state index in [9.17, 15) is 0 Å². The van der Waals surface area contributed by atoms with Crippen LogP contribution in [-0.4, -0.2) is 0 Å². The van der Waals surface area contributed by atoms with Gasteiger partial charge in [-0.3, -0.25) is 0 Å². The highest BCUT2D eigenvalue weighted by atomic mass is 14.1. The van der Waals surface area contributed by atoms with Crippen molar-refractivity contribution in [3.05, 3.63) is 37.5 Å². The minimum absolute atomic E-state index is 0.721. The van der Waals surface area contributed by atoms with E-state index in [1.165, 1.54) is 6.42 Å². The zero-order valence-corrected chi connectivity index (χ0v) is 8.00. The fraction of sp³-hybridized carbons (Fsp3) is 0.500. The molecule has 0 aromatic rings. The number of hydrogen-bond donors (Lipinski definition) is 0. The number of rotatable bonds is 7. The summed E-state index contributed by atoms with van der Waals surface area (Å²) in [5, 5.41) is 0. The Morgan fingerprint density at radius 3 is 2.67 bits per heavy atom. The van der Waals surface area contributed by atoms with E-state index < -0.39 is 0 Å². The third-order valence-electron chi connectivity index (χ3n) is 1.95. The number of hydrogen-bond acceptors (Lipinski definition) is 0. The SMILES string of the molecule is [CH]=CCCC(CC=C)CC=CC. The van der Waals surface area contributed by atoms with E-state index >= 15 is 0 Å². The molecule has 0 rings (SSSR count). The summed E-state index contributed by atoms with van der Waals surface area (Å²) in [5.41, 5.74) is 0. The molecule has 0 N–H and O–H groups in total. The lowest BCUT2D eigenvalue weighted by Gasteiger charge is -2.10. The lowest BCUT2D eigenvalue weighted by Crippen LogP contribution is -1.96.